The first-order valence-corrected chi connectivity index (χ1v) is 3.97. The van der Waals surface area contributed by atoms with E-state index in [0.717, 1.165) is 4.88 Å². The van der Waals surface area contributed by atoms with Crippen molar-refractivity contribution in [2.75, 3.05) is 0 Å². The Labute approximate surface area is 70.7 Å². The van der Waals surface area contributed by atoms with Crippen LogP contribution in [0.4, 0.5) is 0 Å². The molecule has 0 aliphatic rings. The number of rotatable bonds is 1. The molecular weight excluding hydrogens is 182 g/mol. The van der Waals surface area contributed by atoms with Crippen molar-refractivity contribution in [2.45, 2.75) is 0 Å². The zero-order valence-electron chi connectivity index (χ0n) is 5.24. The molecule has 56 valence electrons. The van der Waals surface area contributed by atoms with Gasteiger partial charge in [0.1, 0.15) is 4.88 Å². The van der Waals surface area contributed by atoms with E-state index in [4.69, 9.17) is 12.2 Å². The highest BCUT2D eigenvalue weighted by atomic mass is 32.1. The second-order valence-corrected chi connectivity index (χ2v) is 2.97. The average molecular weight is 185 g/mol. The van der Waals surface area contributed by atoms with Gasteiger partial charge in [0.2, 0.25) is 4.77 Å². The predicted octanol–water partition coefficient (Wildman–Crippen LogP) is 0.986. The molecule has 2 rings (SSSR count). The molecule has 0 saturated heterocycles. The Morgan fingerprint density at radius 1 is 1.45 bits per heavy atom. The predicted molar refractivity (Wildman–Crippen MR) is 42.7 cm³/mol. The van der Waals surface area contributed by atoms with Crippen molar-refractivity contribution < 1.29 is 0 Å². The smallest absolute Gasteiger partial charge is 0.213 e. The molecule has 0 atom stereocenters. The molecule has 2 N–H and O–H groups in total. The van der Waals surface area contributed by atoms with Gasteiger partial charge in [0, 0.05) is 0 Å². The molecule has 2 heterocycles. The molecule has 2 aromatic rings. The van der Waals surface area contributed by atoms with Gasteiger partial charge in [-0.15, -0.1) is 5.10 Å². The van der Waals surface area contributed by atoms with Crippen LogP contribution in [-0.4, -0.2) is 24.8 Å². The van der Waals surface area contributed by atoms with Crippen LogP contribution in [0.2, 0.25) is 0 Å². The molecule has 0 fully saturated rings. The highest BCUT2D eigenvalue weighted by molar-refractivity contribution is 7.71. The minimum absolute atomic E-state index is 0.438. The van der Waals surface area contributed by atoms with Gasteiger partial charge in [-0.1, -0.05) is 4.49 Å². The zero-order valence-corrected chi connectivity index (χ0v) is 6.87. The van der Waals surface area contributed by atoms with Crippen LogP contribution in [-0.2, 0) is 0 Å². The van der Waals surface area contributed by atoms with Gasteiger partial charge in [-0.2, -0.15) is 4.98 Å². The molecule has 2 aromatic heterocycles. The lowest BCUT2D eigenvalue weighted by Gasteiger charge is -1.80. The summed E-state index contributed by atoms with van der Waals surface area (Å²) in [5, 5.41) is 9.15. The van der Waals surface area contributed by atoms with Crippen LogP contribution in [0.5, 0.6) is 0 Å². The van der Waals surface area contributed by atoms with Crippen LogP contribution >= 0.6 is 23.8 Å². The number of nitrogens with one attached hydrogen (secondary N) is 2. The maximum Gasteiger partial charge on any atom is 0.213 e. The van der Waals surface area contributed by atoms with E-state index >= 15 is 0 Å². The van der Waals surface area contributed by atoms with Gasteiger partial charge >= 0.3 is 0 Å². The molecule has 0 aliphatic heterocycles. The van der Waals surface area contributed by atoms with E-state index < -0.39 is 0 Å². The van der Waals surface area contributed by atoms with E-state index in [9.17, 15) is 0 Å². The van der Waals surface area contributed by atoms with E-state index in [-0.39, 0.29) is 0 Å². The van der Waals surface area contributed by atoms with E-state index in [2.05, 4.69) is 24.8 Å². The lowest BCUT2D eigenvalue weighted by molar-refractivity contribution is 1.08. The minimum Gasteiger partial charge on any atom is -0.281 e. The van der Waals surface area contributed by atoms with Crippen LogP contribution in [0, 0.1) is 4.77 Å². The summed E-state index contributed by atoms with van der Waals surface area (Å²) in [4.78, 5) is 4.86. The first-order chi connectivity index (χ1) is 5.36. The first kappa shape index (κ1) is 6.62. The topological polar surface area (TPSA) is 70.2 Å². The number of aromatic amines is 2. The van der Waals surface area contributed by atoms with Gasteiger partial charge in [0.25, 0.3) is 0 Å². The molecule has 0 bridgehead atoms. The third kappa shape index (κ3) is 1.19. The number of nitrogens with zero attached hydrogens (tertiary/aromatic N) is 3. The third-order valence-electron chi connectivity index (χ3n) is 1.10. The second-order valence-electron chi connectivity index (χ2n) is 1.80. The summed E-state index contributed by atoms with van der Waals surface area (Å²) in [7, 11) is 0. The molecular formula is C4H3N5S2. The van der Waals surface area contributed by atoms with Crippen molar-refractivity contribution in [3.8, 4) is 10.7 Å². The highest BCUT2D eigenvalue weighted by Crippen LogP contribution is 2.15. The Morgan fingerprint density at radius 2 is 2.36 bits per heavy atom. The lowest BCUT2D eigenvalue weighted by Crippen LogP contribution is -1.73. The van der Waals surface area contributed by atoms with Gasteiger partial charge in [-0.05, 0) is 23.8 Å². The minimum atomic E-state index is 0.438. The van der Waals surface area contributed by atoms with Crippen molar-refractivity contribution in [1.29, 1.82) is 0 Å². The molecule has 7 heteroatoms. The van der Waals surface area contributed by atoms with Crippen LogP contribution in [0.1, 0.15) is 0 Å². The molecule has 0 unspecified atom stereocenters. The first-order valence-electron chi connectivity index (χ1n) is 2.78. The third-order valence-corrected chi connectivity index (χ3v) is 1.96. The van der Waals surface area contributed by atoms with Gasteiger partial charge in [0.05, 0.1) is 6.20 Å². The Bertz CT molecular complexity index is 385. The van der Waals surface area contributed by atoms with Crippen LogP contribution in [0.3, 0.4) is 0 Å². The molecule has 0 saturated carbocycles. The molecule has 0 aliphatic carbocycles. The normalized spacial score (nSPS) is 10.2. The molecule has 0 spiro atoms. The maximum atomic E-state index is 4.77. The number of H-pyrrole nitrogens is 2. The van der Waals surface area contributed by atoms with Gasteiger partial charge < -0.3 is 0 Å². The second kappa shape index (κ2) is 2.51. The Morgan fingerprint density at radius 3 is 2.91 bits per heavy atom. The lowest BCUT2D eigenvalue weighted by atomic mass is 10.5. The van der Waals surface area contributed by atoms with Crippen LogP contribution in [0.25, 0.3) is 10.7 Å². The van der Waals surface area contributed by atoms with E-state index in [1.54, 1.807) is 6.20 Å². The maximum absolute atomic E-state index is 4.77. The van der Waals surface area contributed by atoms with Crippen LogP contribution in [0.15, 0.2) is 6.20 Å². The Balaban J connectivity index is 2.53. The summed E-state index contributed by atoms with van der Waals surface area (Å²) in [6, 6.07) is 0. The summed E-state index contributed by atoms with van der Waals surface area (Å²) in [5.41, 5.74) is 0. The monoisotopic (exact) mass is 185 g/mol. The largest absolute Gasteiger partial charge is 0.281 e. The molecule has 0 radical (unpaired) electrons. The summed E-state index contributed by atoms with van der Waals surface area (Å²) >= 11 is 6.04. The Hall–Kier alpha value is -1.08. The molecule has 11 heavy (non-hydrogen) atoms. The van der Waals surface area contributed by atoms with Crippen molar-refractivity contribution in [3.05, 3.63) is 11.0 Å². The molecule has 0 amide bonds. The highest BCUT2D eigenvalue weighted by Gasteiger charge is 2.01. The van der Waals surface area contributed by atoms with Gasteiger partial charge in [-0.25, -0.2) is 0 Å². The molecule has 5 nitrogen and oxygen atoms in total. The number of aromatic nitrogens is 5. The summed E-state index contributed by atoms with van der Waals surface area (Å²) < 4.78 is 4.13. The van der Waals surface area contributed by atoms with Crippen molar-refractivity contribution >= 4 is 23.8 Å². The number of hydrogen-bond donors (Lipinski definition) is 2. The van der Waals surface area contributed by atoms with Crippen molar-refractivity contribution in [2.24, 2.45) is 0 Å². The van der Waals surface area contributed by atoms with Crippen LogP contribution < -0.4 is 0 Å². The quantitative estimate of drug-likeness (QED) is 0.650. The fraction of sp³-hybridized carbons (Fsp3) is 0. The van der Waals surface area contributed by atoms with Crippen molar-refractivity contribution in [1.82, 2.24) is 24.8 Å². The summed E-state index contributed by atoms with van der Waals surface area (Å²) in [5.74, 6) is 0.685. The van der Waals surface area contributed by atoms with Gasteiger partial charge in [-0.3, -0.25) is 10.2 Å². The van der Waals surface area contributed by atoms with E-state index in [0.29, 0.717) is 10.6 Å². The van der Waals surface area contributed by atoms with E-state index in [1.807, 2.05) is 0 Å². The Kier molecular flexibility index (Phi) is 1.51. The van der Waals surface area contributed by atoms with Crippen molar-refractivity contribution in [3.63, 3.8) is 0 Å². The average Bonchev–Trinajstić information content (AvgIpc) is 2.55. The van der Waals surface area contributed by atoms with E-state index in [1.165, 1.54) is 11.5 Å². The van der Waals surface area contributed by atoms with Gasteiger partial charge in [0.15, 0.2) is 5.82 Å². The molecule has 0 aromatic carbocycles. The zero-order chi connectivity index (χ0) is 7.68. The standard InChI is InChI=1S/C4H3N5S2/c10-4-6-3(7-8-4)2-1-5-9-11-2/h1H,(H2,6,7,8,10). The SMILES string of the molecule is S=c1nc(-c2cnns2)[nH][nH]1. The summed E-state index contributed by atoms with van der Waals surface area (Å²) in [6.07, 6.45) is 1.63. The fourth-order valence-corrected chi connectivity index (χ4v) is 1.26. The summed E-state index contributed by atoms with van der Waals surface area (Å²) in [6.45, 7) is 0. The fourth-order valence-electron chi connectivity index (χ4n) is 0.658. The number of hydrogen-bond acceptors (Lipinski definition) is 5.